The van der Waals surface area contributed by atoms with Crippen LogP contribution in [-0.2, 0) is 19.9 Å². The second-order valence-electron chi connectivity index (χ2n) is 5.73. The highest BCUT2D eigenvalue weighted by atomic mass is 16.8. The average Bonchev–Trinajstić information content (AvgIpc) is 2.77. The Hall–Kier alpha value is -1.39. The highest BCUT2D eigenvalue weighted by Crippen LogP contribution is 2.49. The molecule has 0 radical (unpaired) electrons. The van der Waals surface area contributed by atoms with Crippen molar-refractivity contribution in [3.63, 3.8) is 0 Å². The lowest BCUT2D eigenvalue weighted by atomic mass is 9.69. The summed E-state index contributed by atoms with van der Waals surface area (Å²) in [7, 11) is 0. The highest BCUT2D eigenvalue weighted by molar-refractivity contribution is 5.84. The Morgan fingerprint density at radius 3 is 2.35 bits per heavy atom. The third kappa shape index (κ3) is 1.86. The predicted octanol–water partition coefficient (Wildman–Crippen LogP) is 2.50. The van der Waals surface area contributed by atoms with Gasteiger partial charge in [0.2, 0.25) is 11.9 Å². The first-order chi connectivity index (χ1) is 9.58. The number of benzene rings is 1. The minimum absolute atomic E-state index is 0.472. The second-order valence-corrected chi connectivity index (χ2v) is 5.73. The molecule has 108 valence electrons. The monoisotopic (exact) mass is 276 g/mol. The van der Waals surface area contributed by atoms with Crippen LogP contribution in [0.1, 0.15) is 44.6 Å². The molecule has 0 amide bonds. The molecular weight excluding hydrogens is 256 g/mol. The summed E-state index contributed by atoms with van der Waals surface area (Å²) >= 11 is 0. The lowest BCUT2D eigenvalue weighted by Crippen LogP contribution is -2.56. The van der Waals surface area contributed by atoms with Crippen LogP contribution in [0, 0.1) is 0 Å². The molecule has 1 aromatic rings. The molecule has 1 aliphatic heterocycles. The van der Waals surface area contributed by atoms with E-state index < -0.39 is 23.5 Å². The molecule has 2 fully saturated rings. The standard InChI is InChI=1S/C16H20O4/c1-12-19-14(17)16(20-12,13-8-4-2-5-9-13)15(18)10-6-3-7-11-15/h2,4-5,8-9,12,18H,3,6-7,10-11H2,1H3/t12?,16-/m0/s1. The zero-order chi connectivity index (χ0) is 14.2. The number of carbonyl (C=O) groups is 1. The topological polar surface area (TPSA) is 55.8 Å². The summed E-state index contributed by atoms with van der Waals surface area (Å²) < 4.78 is 11.1. The van der Waals surface area contributed by atoms with Crippen LogP contribution in [0.5, 0.6) is 0 Å². The smallest absolute Gasteiger partial charge is 0.348 e. The first-order valence-corrected chi connectivity index (χ1v) is 7.25. The van der Waals surface area contributed by atoms with Crippen LogP contribution in [-0.4, -0.2) is 23.0 Å². The Morgan fingerprint density at radius 1 is 1.15 bits per heavy atom. The largest absolute Gasteiger partial charge is 0.434 e. The van der Waals surface area contributed by atoms with E-state index in [1.54, 1.807) is 6.92 Å². The number of cyclic esters (lactones) is 1. The van der Waals surface area contributed by atoms with Crippen LogP contribution in [0.2, 0.25) is 0 Å². The molecule has 3 rings (SSSR count). The van der Waals surface area contributed by atoms with Gasteiger partial charge < -0.3 is 14.6 Å². The molecular formula is C16H20O4. The van der Waals surface area contributed by atoms with E-state index in [2.05, 4.69) is 0 Å². The fourth-order valence-electron chi connectivity index (χ4n) is 3.47. The summed E-state index contributed by atoms with van der Waals surface area (Å²) in [5.74, 6) is -0.472. The van der Waals surface area contributed by atoms with Crippen LogP contribution in [0.4, 0.5) is 0 Å². The van der Waals surface area contributed by atoms with Crippen molar-refractivity contribution in [1.82, 2.24) is 0 Å². The molecule has 0 bridgehead atoms. The van der Waals surface area contributed by atoms with Gasteiger partial charge in [-0.3, -0.25) is 0 Å². The molecule has 1 saturated carbocycles. The summed E-state index contributed by atoms with van der Waals surface area (Å²) in [6, 6.07) is 9.23. The molecule has 1 aliphatic carbocycles. The Balaban J connectivity index is 2.11. The summed E-state index contributed by atoms with van der Waals surface area (Å²) in [6.45, 7) is 1.69. The van der Waals surface area contributed by atoms with Gasteiger partial charge in [-0.25, -0.2) is 4.79 Å². The van der Waals surface area contributed by atoms with Crippen molar-refractivity contribution in [3.05, 3.63) is 35.9 Å². The Bertz CT molecular complexity index is 492. The van der Waals surface area contributed by atoms with Crippen LogP contribution >= 0.6 is 0 Å². The van der Waals surface area contributed by atoms with Crippen LogP contribution in [0.15, 0.2) is 30.3 Å². The Labute approximate surface area is 118 Å². The van der Waals surface area contributed by atoms with Crippen molar-refractivity contribution in [2.75, 3.05) is 0 Å². The van der Waals surface area contributed by atoms with Crippen molar-refractivity contribution in [1.29, 1.82) is 0 Å². The van der Waals surface area contributed by atoms with Crippen molar-refractivity contribution in [2.45, 2.75) is 56.5 Å². The first kappa shape index (κ1) is 13.6. The van der Waals surface area contributed by atoms with E-state index in [0.29, 0.717) is 18.4 Å². The molecule has 1 saturated heterocycles. The van der Waals surface area contributed by atoms with E-state index >= 15 is 0 Å². The van der Waals surface area contributed by atoms with Crippen molar-refractivity contribution >= 4 is 5.97 Å². The molecule has 4 heteroatoms. The highest BCUT2D eigenvalue weighted by Gasteiger charge is 2.63. The third-order valence-corrected chi connectivity index (χ3v) is 4.42. The van der Waals surface area contributed by atoms with Gasteiger partial charge in [0, 0.05) is 0 Å². The van der Waals surface area contributed by atoms with Crippen LogP contribution in [0.3, 0.4) is 0 Å². The Morgan fingerprint density at radius 2 is 1.80 bits per heavy atom. The number of esters is 1. The van der Waals surface area contributed by atoms with Crippen molar-refractivity contribution in [2.24, 2.45) is 0 Å². The number of hydrogen-bond acceptors (Lipinski definition) is 4. The SMILES string of the molecule is CC1OC(=O)[C@@](c2ccccc2)(C2(O)CCCCC2)O1. The minimum atomic E-state index is -1.38. The molecule has 2 atom stereocenters. The average molecular weight is 276 g/mol. The number of carbonyl (C=O) groups excluding carboxylic acids is 1. The van der Waals surface area contributed by atoms with Gasteiger partial charge in [0.1, 0.15) is 5.60 Å². The lowest BCUT2D eigenvalue weighted by molar-refractivity contribution is -0.197. The first-order valence-electron chi connectivity index (χ1n) is 7.25. The van der Waals surface area contributed by atoms with E-state index in [4.69, 9.17) is 9.47 Å². The molecule has 1 aromatic carbocycles. The van der Waals surface area contributed by atoms with Gasteiger partial charge in [0.05, 0.1) is 0 Å². The quantitative estimate of drug-likeness (QED) is 0.843. The van der Waals surface area contributed by atoms with Gasteiger partial charge in [-0.15, -0.1) is 0 Å². The van der Waals surface area contributed by atoms with E-state index in [9.17, 15) is 9.90 Å². The third-order valence-electron chi connectivity index (χ3n) is 4.42. The Kier molecular flexibility index (Phi) is 3.30. The minimum Gasteiger partial charge on any atom is -0.434 e. The summed E-state index contributed by atoms with van der Waals surface area (Å²) in [5, 5.41) is 11.1. The molecule has 1 heterocycles. The number of ether oxygens (including phenoxy) is 2. The molecule has 4 nitrogen and oxygen atoms in total. The summed E-state index contributed by atoms with van der Waals surface area (Å²) in [5.41, 5.74) is -1.89. The number of aliphatic hydroxyl groups is 1. The maximum Gasteiger partial charge on any atom is 0.348 e. The van der Waals surface area contributed by atoms with E-state index in [1.807, 2.05) is 30.3 Å². The van der Waals surface area contributed by atoms with E-state index in [1.165, 1.54) is 0 Å². The van der Waals surface area contributed by atoms with E-state index in [0.717, 1.165) is 19.3 Å². The van der Waals surface area contributed by atoms with Gasteiger partial charge in [-0.2, -0.15) is 0 Å². The zero-order valence-electron chi connectivity index (χ0n) is 11.7. The maximum atomic E-state index is 12.5. The maximum absolute atomic E-state index is 12.5. The number of rotatable bonds is 2. The van der Waals surface area contributed by atoms with E-state index in [-0.39, 0.29) is 0 Å². The second kappa shape index (κ2) is 4.86. The summed E-state index contributed by atoms with van der Waals surface area (Å²) in [6.07, 6.45) is 3.37. The van der Waals surface area contributed by atoms with Crippen molar-refractivity contribution in [3.8, 4) is 0 Å². The predicted molar refractivity (Wildman–Crippen MR) is 72.8 cm³/mol. The normalized spacial score (nSPS) is 32.9. The number of hydrogen-bond donors (Lipinski definition) is 1. The fraction of sp³-hybridized carbons (Fsp3) is 0.562. The van der Waals surface area contributed by atoms with Gasteiger partial charge in [-0.05, 0) is 25.3 Å². The summed E-state index contributed by atoms with van der Waals surface area (Å²) in [4.78, 5) is 12.5. The van der Waals surface area contributed by atoms with Gasteiger partial charge in [0.25, 0.3) is 0 Å². The van der Waals surface area contributed by atoms with Gasteiger partial charge in [0.15, 0.2) is 0 Å². The van der Waals surface area contributed by atoms with Crippen LogP contribution in [0.25, 0.3) is 0 Å². The zero-order valence-corrected chi connectivity index (χ0v) is 11.7. The fourth-order valence-corrected chi connectivity index (χ4v) is 3.47. The van der Waals surface area contributed by atoms with Gasteiger partial charge >= 0.3 is 5.97 Å². The lowest BCUT2D eigenvalue weighted by Gasteiger charge is -2.43. The van der Waals surface area contributed by atoms with Crippen molar-refractivity contribution < 1.29 is 19.4 Å². The molecule has 0 aromatic heterocycles. The molecule has 2 aliphatic rings. The molecule has 0 spiro atoms. The molecule has 1 unspecified atom stereocenters. The molecule has 1 N–H and O–H groups in total. The van der Waals surface area contributed by atoms with Gasteiger partial charge in [-0.1, -0.05) is 49.6 Å². The molecule has 20 heavy (non-hydrogen) atoms. The van der Waals surface area contributed by atoms with Crippen LogP contribution < -0.4 is 0 Å².